The highest BCUT2D eigenvalue weighted by molar-refractivity contribution is 7.16. The van der Waals surface area contributed by atoms with E-state index in [2.05, 4.69) is 0 Å². The van der Waals surface area contributed by atoms with Gasteiger partial charge in [-0.3, -0.25) is 0 Å². The summed E-state index contributed by atoms with van der Waals surface area (Å²) in [5.74, 6) is -0.553. The number of carbonyl (C=O) groups excluding carboxylic acids is 1. The molecule has 0 radical (unpaired) electrons. The average molecular weight is 337 g/mol. The third-order valence-corrected chi connectivity index (χ3v) is 4.12. The Hall–Kier alpha value is -2.23. The molecule has 0 aliphatic heterocycles. The van der Waals surface area contributed by atoms with Gasteiger partial charge in [0, 0.05) is 5.02 Å². The molecule has 0 spiro atoms. The van der Waals surface area contributed by atoms with Crippen LogP contribution in [0.25, 0.3) is 0 Å². The van der Waals surface area contributed by atoms with E-state index in [1.54, 1.807) is 19.1 Å². The molecule has 114 valence electrons. The summed E-state index contributed by atoms with van der Waals surface area (Å²) in [7, 11) is 0. The molecule has 2 N–H and O–H groups in total. The normalized spacial score (nSPS) is 10.0. The molecule has 0 amide bonds. The van der Waals surface area contributed by atoms with Gasteiger partial charge in [-0.15, -0.1) is 0 Å². The number of rotatable bonds is 5. The summed E-state index contributed by atoms with van der Waals surface area (Å²) in [5, 5.41) is 10.1. The first-order valence-electron chi connectivity index (χ1n) is 6.43. The van der Waals surface area contributed by atoms with E-state index >= 15 is 0 Å². The first-order chi connectivity index (χ1) is 10.6. The third kappa shape index (κ3) is 3.50. The van der Waals surface area contributed by atoms with Crippen molar-refractivity contribution < 1.29 is 14.3 Å². The molecule has 0 atom stereocenters. The first kappa shape index (κ1) is 16.1. The predicted octanol–water partition coefficient (Wildman–Crippen LogP) is 3.61. The fraction of sp³-hybridized carbons (Fsp3) is 0.200. The second-order valence-corrected chi connectivity index (χ2v) is 5.67. The van der Waals surface area contributed by atoms with E-state index in [1.165, 1.54) is 0 Å². The van der Waals surface area contributed by atoms with Crippen LogP contribution in [0.15, 0.2) is 24.3 Å². The van der Waals surface area contributed by atoms with Gasteiger partial charge in [0.25, 0.3) is 0 Å². The molecule has 0 saturated carbocycles. The quantitative estimate of drug-likeness (QED) is 0.843. The summed E-state index contributed by atoms with van der Waals surface area (Å²) in [6.07, 6.45) is 0. The number of halogens is 1. The van der Waals surface area contributed by atoms with Gasteiger partial charge in [0.15, 0.2) is 5.06 Å². The molecule has 2 aromatic rings. The van der Waals surface area contributed by atoms with Crippen LogP contribution >= 0.6 is 22.9 Å². The number of hydrogen-bond donors (Lipinski definition) is 1. The molecule has 0 bridgehead atoms. The molecule has 2 rings (SSSR count). The molecular weight excluding hydrogens is 324 g/mol. The number of esters is 1. The van der Waals surface area contributed by atoms with E-state index in [9.17, 15) is 10.1 Å². The lowest BCUT2D eigenvalue weighted by atomic mass is 10.2. The predicted molar refractivity (Wildman–Crippen MR) is 85.2 cm³/mol. The van der Waals surface area contributed by atoms with Crippen molar-refractivity contribution in [3.05, 3.63) is 45.3 Å². The number of hydrogen-bond acceptors (Lipinski definition) is 6. The number of nitrogens with zero attached hydrogens (tertiary/aromatic N) is 1. The number of nitrogen functional groups attached to an aromatic ring is 1. The highest BCUT2D eigenvalue weighted by Crippen LogP contribution is 2.38. The Balaban J connectivity index is 2.20. The van der Waals surface area contributed by atoms with Crippen molar-refractivity contribution in [2.75, 3.05) is 12.3 Å². The first-order valence-corrected chi connectivity index (χ1v) is 7.63. The average Bonchev–Trinajstić information content (AvgIpc) is 2.83. The number of carbonyl (C=O) groups is 1. The summed E-state index contributed by atoms with van der Waals surface area (Å²) >= 11 is 6.83. The monoisotopic (exact) mass is 336 g/mol. The topological polar surface area (TPSA) is 85.3 Å². The van der Waals surface area contributed by atoms with E-state index in [0.717, 1.165) is 16.9 Å². The van der Waals surface area contributed by atoms with Gasteiger partial charge in [-0.05, 0) is 24.6 Å². The molecule has 1 heterocycles. The Labute approximate surface area is 136 Å². The van der Waals surface area contributed by atoms with E-state index in [4.69, 9.17) is 26.8 Å². The molecule has 22 heavy (non-hydrogen) atoms. The lowest BCUT2D eigenvalue weighted by Gasteiger charge is -2.04. The standard InChI is InChI=1S/C15H13ClN2O3S/c1-2-20-14(19)13-12(18)11(7-17)15(22-13)21-8-9-3-5-10(16)6-4-9/h3-6H,2,8,18H2,1H3. The van der Waals surface area contributed by atoms with E-state index in [-0.39, 0.29) is 29.3 Å². The summed E-state index contributed by atoms with van der Waals surface area (Å²) < 4.78 is 10.5. The minimum atomic E-state index is -0.553. The van der Waals surface area contributed by atoms with Crippen molar-refractivity contribution >= 4 is 34.6 Å². The van der Waals surface area contributed by atoms with Crippen LogP contribution in [-0.2, 0) is 11.3 Å². The molecule has 1 aromatic carbocycles. The van der Waals surface area contributed by atoms with Crippen LogP contribution in [0.3, 0.4) is 0 Å². The third-order valence-electron chi connectivity index (χ3n) is 2.77. The molecule has 5 nitrogen and oxygen atoms in total. The zero-order valence-electron chi connectivity index (χ0n) is 11.8. The van der Waals surface area contributed by atoms with Crippen molar-refractivity contribution in [2.24, 2.45) is 0 Å². The van der Waals surface area contributed by atoms with Crippen molar-refractivity contribution in [1.82, 2.24) is 0 Å². The van der Waals surface area contributed by atoms with Crippen LogP contribution in [0, 0.1) is 11.3 Å². The fourth-order valence-corrected chi connectivity index (χ4v) is 2.75. The van der Waals surface area contributed by atoms with Crippen molar-refractivity contribution in [3.8, 4) is 11.1 Å². The summed E-state index contributed by atoms with van der Waals surface area (Å²) in [6, 6.07) is 9.09. The van der Waals surface area contributed by atoms with Gasteiger partial charge < -0.3 is 15.2 Å². The van der Waals surface area contributed by atoms with Crippen molar-refractivity contribution in [1.29, 1.82) is 5.26 Å². The zero-order chi connectivity index (χ0) is 16.1. The maximum Gasteiger partial charge on any atom is 0.350 e. The van der Waals surface area contributed by atoms with E-state index in [1.807, 2.05) is 18.2 Å². The van der Waals surface area contributed by atoms with E-state index < -0.39 is 5.97 Å². The van der Waals surface area contributed by atoms with Crippen LogP contribution in [0.2, 0.25) is 5.02 Å². The number of ether oxygens (including phenoxy) is 2. The van der Waals surface area contributed by atoms with Crippen LogP contribution in [-0.4, -0.2) is 12.6 Å². The molecule has 0 unspecified atom stereocenters. The lowest BCUT2D eigenvalue weighted by Crippen LogP contribution is -2.05. The molecule has 0 aliphatic rings. The highest BCUT2D eigenvalue weighted by atomic mass is 35.5. The summed E-state index contributed by atoms with van der Waals surface area (Å²) in [6.45, 7) is 2.18. The number of anilines is 1. The molecule has 0 saturated heterocycles. The minimum Gasteiger partial charge on any atom is -0.478 e. The highest BCUT2D eigenvalue weighted by Gasteiger charge is 2.23. The van der Waals surface area contributed by atoms with Gasteiger partial charge in [0.1, 0.15) is 23.1 Å². The largest absolute Gasteiger partial charge is 0.478 e. The van der Waals surface area contributed by atoms with Gasteiger partial charge in [0.2, 0.25) is 0 Å². The van der Waals surface area contributed by atoms with Crippen LogP contribution in [0.5, 0.6) is 5.06 Å². The number of nitrogens with two attached hydrogens (primary N) is 1. The number of benzene rings is 1. The van der Waals surface area contributed by atoms with E-state index in [0.29, 0.717) is 10.1 Å². The van der Waals surface area contributed by atoms with Gasteiger partial charge >= 0.3 is 5.97 Å². The smallest absolute Gasteiger partial charge is 0.350 e. The van der Waals surface area contributed by atoms with Crippen LogP contribution in [0.1, 0.15) is 27.7 Å². The lowest BCUT2D eigenvalue weighted by molar-refractivity contribution is 0.0533. The maximum absolute atomic E-state index is 11.8. The Bertz CT molecular complexity index is 720. The SMILES string of the molecule is CCOC(=O)c1sc(OCc2ccc(Cl)cc2)c(C#N)c1N. The molecule has 7 heteroatoms. The van der Waals surface area contributed by atoms with Gasteiger partial charge in [-0.2, -0.15) is 5.26 Å². The Morgan fingerprint density at radius 1 is 1.41 bits per heavy atom. The van der Waals surface area contributed by atoms with Crippen molar-refractivity contribution in [3.63, 3.8) is 0 Å². The second kappa shape index (κ2) is 7.16. The molecule has 1 aromatic heterocycles. The molecule has 0 aliphatic carbocycles. The summed E-state index contributed by atoms with van der Waals surface area (Å²) in [4.78, 5) is 12.0. The maximum atomic E-state index is 11.8. The molecular formula is C15H13ClN2O3S. The number of nitriles is 1. The Kier molecular flexibility index (Phi) is 5.26. The number of thiophene rings is 1. The fourth-order valence-electron chi connectivity index (χ4n) is 1.71. The van der Waals surface area contributed by atoms with Gasteiger partial charge in [-0.25, -0.2) is 4.79 Å². The van der Waals surface area contributed by atoms with Gasteiger partial charge in [0.05, 0.1) is 12.3 Å². The minimum absolute atomic E-state index is 0.0945. The van der Waals surface area contributed by atoms with Crippen molar-refractivity contribution in [2.45, 2.75) is 13.5 Å². The Morgan fingerprint density at radius 2 is 2.09 bits per heavy atom. The second-order valence-electron chi connectivity index (χ2n) is 4.25. The van der Waals surface area contributed by atoms with Crippen LogP contribution in [0.4, 0.5) is 5.69 Å². The molecule has 0 fully saturated rings. The summed E-state index contributed by atoms with van der Waals surface area (Å²) in [5.41, 5.74) is 6.96. The van der Waals surface area contributed by atoms with Gasteiger partial charge in [-0.1, -0.05) is 35.1 Å². The van der Waals surface area contributed by atoms with Crippen LogP contribution < -0.4 is 10.5 Å². The zero-order valence-corrected chi connectivity index (χ0v) is 13.3. The Morgan fingerprint density at radius 3 is 2.68 bits per heavy atom.